The zero-order valence-electron chi connectivity index (χ0n) is 12.3. The van der Waals surface area contributed by atoms with Crippen molar-refractivity contribution in [3.05, 3.63) is 37.0 Å². The Hall–Kier alpha value is -2.41. The van der Waals surface area contributed by atoms with Crippen LogP contribution in [0.25, 0.3) is 0 Å². The average molecular weight is 300 g/mol. The smallest absolute Gasteiger partial charge is 0.335 e. The Kier molecular flexibility index (Phi) is 9.44. The second-order valence-electron chi connectivity index (χ2n) is 4.24. The minimum atomic E-state index is -1.87. The molecule has 0 aliphatic rings. The molecule has 1 atom stereocenters. The van der Waals surface area contributed by atoms with Crippen molar-refractivity contribution in [1.29, 1.82) is 0 Å². The second kappa shape index (κ2) is 9.49. The molecule has 0 aliphatic carbocycles. The molecule has 1 unspecified atom stereocenters. The quantitative estimate of drug-likeness (QED) is 0.430. The lowest BCUT2D eigenvalue weighted by Crippen LogP contribution is -2.37. The lowest BCUT2D eigenvalue weighted by atomic mass is 10.3. The number of carboxylic acids is 1. The highest BCUT2D eigenvalue weighted by Crippen LogP contribution is 2.10. The van der Waals surface area contributed by atoms with Gasteiger partial charge in [0, 0.05) is 24.1 Å². The van der Waals surface area contributed by atoms with E-state index in [2.05, 4.69) is 29.2 Å². The number of carboxylic acid groups (broad SMARTS) is 1. The lowest BCUT2D eigenvalue weighted by Gasteiger charge is -2.22. The fraction of sp³-hybridized carbons (Fsp3) is 0.357. The molecule has 0 rings (SSSR count). The third kappa shape index (κ3) is 12.4. The van der Waals surface area contributed by atoms with E-state index in [0.717, 1.165) is 6.08 Å². The van der Waals surface area contributed by atoms with Crippen molar-refractivity contribution in [1.82, 2.24) is 0 Å². The molecular weight excluding hydrogens is 280 g/mol. The summed E-state index contributed by atoms with van der Waals surface area (Å²) in [5, 5.41) is 17.2. The van der Waals surface area contributed by atoms with Gasteiger partial charge in [-0.3, -0.25) is 0 Å². The molecule has 0 aliphatic heterocycles. The SMILES string of the molecule is C=C(C)C(=O)OCC(C)(O)OC(=O)C(=C)C.C=CC(=O)O. The molecule has 7 heteroatoms. The van der Waals surface area contributed by atoms with Crippen LogP contribution in [0.3, 0.4) is 0 Å². The van der Waals surface area contributed by atoms with Crippen LogP contribution in [0.2, 0.25) is 0 Å². The number of hydrogen-bond donors (Lipinski definition) is 2. The first-order chi connectivity index (χ1) is 9.42. The molecule has 0 amide bonds. The van der Waals surface area contributed by atoms with E-state index in [1.165, 1.54) is 20.8 Å². The van der Waals surface area contributed by atoms with Crippen molar-refractivity contribution < 1.29 is 34.1 Å². The summed E-state index contributed by atoms with van der Waals surface area (Å²) >= 11 is 0. The molecule has 118 valence electrons. The molecule has 7 nitrogen and oxygen atoms in total. The molecule has 21 heavy (non-hydrogen) atoms. The van der Waals surface area contributed by atoms with Crippen LogP contribution in [0.15, 0.2) is 37.0 Å². The molecule has 0 aromatic carbocycles. The Morgan fingerprint density at radius 2 is 1.52 bits per heavy atom. The number of ether oxygens (including phenoxy) is 2. The fourth-order valence-corrected chi connectivity index (χ4v) is 0.639. The summed E-state index contributed by atoms with van der Waals surface area (Å²) in [6, 6.07) is 0. The number of aliphatic carboxylic acids is 1. The molecule has 0 saturated carbocycles. The maximum atomic E-state index is 11.1. The number of aliphatic hydroxyl groups is 1. The first-order valence-corrected chi connectivity index (χ1v) is 5.72. The molecule has 0 radical (unpaired) electrons. The van der Waals surface area contributed by atoms with Gasteiger partial charge >= 0.3 is 17.9 Å². The fourth-order valence-electron chi connectivity index (χ4n) is 0.639. The third-order valence-electron chi connectivity index (χ3n) is 1.66. The van der Waals surface area contributed by atoms with Gasteiger partial charge in [0.05, 0.1) is 0 Å². The summed E-state index contributed by atoms with van der Waals surface area (Å²) in [5.74, 6) is -4.27. The van der Waals surface area contributed by atoms with Gasteiger partial charge in [-0.05, 0) is 13.8 Å². The van der Waals surface area contributed by atoms with Gasteiger partial charge in [0.1, 0.15) is 0 Å². The number of hydrogen-bond acceptors (Lipinski definition) is 6. The van der Waals surface area contributed by atoms with Crippen LogP contribution in [0, 0.1) is 0 Å². The summed E-state index contributed by atoms with van der Waals surface area (Å²) < 4.78 is 9.29. The Labute approximate surface area is 123 Å². The molecule has 0 bridgehead atoms. The molecule has 2 N–H and O–H groups in total. The van der Waals surface area contributed by atoms with E-state index in [1.54, 1.807) is 0 Å². The highest BCUT2D eigenvalue weighted by molar-refractivity contribution is 5.87. The summed E-state index contributed by atoms with van der Waals surface area (Å²) in [5.41, 5.74) is 0.341. The number of carbonyl (C=O) groups is 3. The van der Waals surface area contributed by atoms with Gasteiger partial charge in [0.25, 0.3) is 0 Å². The van der Waals surface area contributed by atoms with Crippen molar-refractivity contribution in [2.24, 2.45) is 0 Å². The van der Waals surface area contributed by atoms with E-state index in [-0.39, 0.29) is 11.1 Å². The predicted molar refractivity (Wildman–Crippen MR) is 75.1 cm³/mol. The van der Waals surface area contributed by atoms with E-state index < -0.39 is 30.3 Å². The summed E-state index contributed by atoms with van der Waals surface area (Å²) in [7, 11) is 0. The van der Waals surface area contributed by atoms with Crippen molar-refractivity contribution in [2.75, 3.05) is 6.61 Å². The molecule has 0 aromatic heterocycles. The first kappa shape index (κ1) is 20.9. The Morgan fingerprint density at radius 3 is 1.81 bits per heavy atom. The summed E-state index contributed by atoms with van der Waals surface area (Å²) in [6.45, 7) is 13.3. The predicted octanol–water partition coefficient (Wildman–Crippen LogP) is 1.19. The Bertz CT molecular complexity index is 446. The van der Waals surface area contributed by atoms with Crippen LogP contribution in [-0.4, -0.2) is 40.5 Å². The van der Waals surface area contributed by atoms with Gasteiger partial charge in [-0.1, -0.05) is 19.7 Å². The molecular formula is C14H20O7. The van der Waals surface area contributed by atoms with Crippen molar-refractivity contribution >= 4 is 17.9 Å². The van der Waals surface area contributed by atoms with E-state index in [9.17, 15) is 19.5 Å². The molecule has 0 aromatic rings. The van der Waals surface area contributed by atoms with Crippen LogP contribution in [0.4, 0.5) is 0 Å². The van der Waals surface area contributed by atoms with Crippen LogP contribution in [-0.2, 0) is 23.9 Å². The number of esters is 2. The van der Waals surface area contributed by atoms with E-state index >= 15 is 0 Å². The van der Waals surface area contributed by atoms with Crippen molar-refractivity contribution in [3.8, 4) is 0 Å². The van der Waals surface area contributed by atoms with Gasteiger partial charge in [0.2, 0.25) is 5.79 Å². The maximum Gasteiger partial charge on any atom is 0.335 e. The number of carbonyl (C=O) groups excluding carboxylic acids is 2. The van der Waals surface area contributed by atoms with Crippen LogP contribution in [0.5, 0.6) is 0 Å². The highest BCUT2D eigenvalue weighted by atomic mass is 16.7. The summed E-state index contributed by atoms with van der Waals surface area (Å²) in [4.78, 5) is 31.4. The molecule has 0 heterocycles. The van der Waals surface area contributed by atoms with E-state index in [4.69, 9.17) is 5.11 Å². The monoisotopic (exact) mass is 300 g/mol. The topological polar surface area (TPSA) is 110 Å². The second-order valence-corrected chi connectivity index (χ2v) is 4.24. The van der Waals surface area contributed by atoms with E-state index in [0.29, 0.717) is 0 Å². The van der Waals surface area contributed by atoms with Crippen LogP contribution < -0.4 is 0 Å². The minimum absolute atomic E-state index is 0.145. The zero-order valence-corrected chi connectivity index (χ0v) is 12.3. The summed E-state index contributed by atoms with van der Waals surface area (Å²) in [6.07, 6.45) is 0.833. The van der Waals surface area contributed by atoms with Crippen LogP contribution in [0.1, 0.15) is 20.8 Å². The molecule has 0 spiro atoms. The normalized spacial score (nSPS) is 11.8. The lowest BCUT2D eigenvalue weighted by molar-refractivity contribution is -0.216. The Balaban J connectivity index is 0. The zero-order chi connectivity index (χ0) is 17.2. The van der Waals surface area contributed by atoms with Crippen LogP contribution >= 0.6 is 0 Å². The van der Waals surface area contributed by atoms with Gasteiger partial charge in [-0.2, -0.15) is 0 Å². The Morgan fingerprint density at radius 1 is 1.14 bits per heavy atom. The minimum Gasteiger partial charge on any atom is -0.478 e. The standard InChI is InChI=1S/C11H16O5.C3H4O2/c1-7(2)9(12)15-6-11(5,14)16-10(13)8(3)4;1-2-3(4)5/h14H,1,3,6H2,2,4-5H3;2H,1H2,(H,4,5). The van der Waals surface area contributed by atoms with Gasteiger partial charge in [-0.15, -0.1) is 0 Å². The van der Waals surface area contributed by atoms with Crippen molar-refractivity contribution in [3.63, 3.8) is 0 Å². The van der Waals surface area contributed by atoms with Crippen molar-refractivity contribution in [2.45, 2.75) is 26.6 Å². The highest BCUT2D eigenvalue weighted by Gasteiger charge is 2.27. The maximum absolute atomic E-state index is 11.1. The van der Waals surface area contributed by atoms with E-state index in [1.807, 2.05) is 0 Å². The molecule has 0 fully saturated rings. The third-order valence-corrected chi connectivity index (χ3v) is 1.66. The largest absolute Gasteiger partial charge is 0.478 e. The first-order valence-electron chi connectivity index (χ1n) is 5.72. The van der Waals surface area contributed by atoms with Gasteiger partial charge < -0.3 is 19.7 Å². The van der Waals surface area contributed by atoms with Gasteiger partial charge in [-0.25, -0.2) is 14.4 Å². The molecule has 0 saturated heterocycles. The van der Waals surface area contributed by atoms with Gasteiger partial charge in [0.15, 0.2) is 6.61 Å². The number of rotatable bonds is 6. The average Bonchev–Trinajstić information content (AvgIpc) is 2.35.